The van der Waals surface area contributed by atoms with E-state index >= 15 is 0 Å². The summed E-state index contributed by atoms with van der Waals surface area (Å²) in [5.41, 5.74) is 2.38. The number of rotatable bonds is 7. The zero-order chi connectivity index (χ0) is 26.9. The largest absolute Gasteiger partial charge is 0.457 e. The van der Waals surface area contributed by atoms with Crippen molar-refractivity contribution >= 4 is 28.1 Å². The van der Waals surface area contributed by atoms with Gasteiger partial charge in [-0.1, -0.05) is 17.4 Å². The number of carbonyl (C=O) groups excluding carboxylic acids is 1. The average molecular weight is 550 g/mol. The number of aromatic nitrogens is 3. The number of benzene rings is 1. The molecule has 1 aliphatic heterocycles. The highest BCUT2D eigenvalue weighted by molar-refractivity contribution is 7.13. The Labute approximate surface area is 224 Å². The number of carbonyl (C=O) groups is 1. The predicted octanol–water partition coefficient (Wildman–Crippen LogP) is 5.14. The lowest BCUT2D eigenvalue weighted by Crippen LogP contribution is -2.38. The Balaban J connectivity index is 1.05. The number of aryl methyl sites for hydroxylation is 1. The number of hydrogen-bond acceptors (Lipinski definition) is 6. The van der Waals surface area contributed by atoms with E-state index in [2.05, 4.69) is 20.3 Å². The molecule has 11 heteroatoms. The number of nitrogens with one attached hydrogen (secondary N) is 1. The van der Waals surface area contributed by atoms with Gasteiger partial charge in [-0.3, -0.25) is 9.48 Å². The van der Waals surface area contributed by atoms with Crippen LogP contribution in [-0.2, 0) is 19.9 Å². The van der Waals surface area contributed by atoms with E-state index < -0.39 is 12.3 Å². The molecule has 1 atom stereocenters. The molecule has 38 heavy (non-hydrogen) atoms. The maximum absolute atomic E-state index is 13.0. The Morgan fingerprint density at radius 1 is 1.21 bits per heavy atom. The van der Waals surface area contributed by atoms with Crippen LogP contribution in [0.3, 0.4) is 0 Å². The van der Waals surface area contributed by atoms with Gasteiger partial charge >= 0.3 is 6.18 Å². The molecule has 3 heterocycles. The van der Waals surface area contributed by atoms with Crippen molar-refractivity contribution in [3.05, 3.63) is 40.5 Å². The first-order valence-corrected chi connectivity index (χ1v) is 14.1. The lowest BCUT2D eigenvalue weighted by Gasteiger charge is -2.30. The summed E-state index contributed by atoms with van der Waals surface area (Å²) in [6, 6.07) is 5.85. The minimum atomic E-state index is -4.39. The summed E-state index contributed by atoms with van der Waals surface area (Å²) in [7, 11) is 1.86. The van der Waals surface area contributed by atoms with E-state index in [0.717, 1.165) is 93.0 Å². The third-order valence-corrected chi connectivity index (χ3v) is 8.81. The highest BCUT2D eigenvalue weighted by Crippen LogP contribution is 2.32. The molecule has 7 nitrogen and oxygen atoms in total. The van der Waals surface area contributed by atoms with Crippen LogP contribution in [-0.4, -0.2) is 63.5 Å². The van der Waals surface area contributed by atoms with E-state index in [1.165, 1.54) is 11.3 Å². The van der Waals surface area contributed by atoms with Crippen molar-refractivity contribution in [2.24, 2.45) is 13.0 Å². The van der Waals surface area contributed by atoms with Crippen LogP contribution in [0, 0.1) is 5.92 Å². The second-order valence-corrected chi connectivity index (χ2v) is 11.6. The Kier molecular flexibility index (Phi) is 7.95. The van der Waals surface area contributed by atoms with Crippen LogP contribution in [0.25, 0.3) is 10.9 Å². The summed E-state index contributed by atoms with van der Waals surface area (Å²) in [5.74, 6) is 0.614. The summed E-state index contributed by atoms with van der Waals surface area (Å²) in [5, 5.41) is 8.63. The number of halogens is 3. The normalized spacial score (nSPS) is 21.6. The molecule has 1 aromatic carbocycles. The first-order valence-electron chi connectivity index (χ1n) is 13.3. The molecule has 3 aromatic rings. The quantitative estimate of drug-likeness (QED) is 0.442. The Hall–Kier alpha value is -2.66. The van der Waals surface area contributed by atoms with Gasteiger partial charge in [0.1, 0.15) is 0 Å². The number of fused-ring (bicyclic) bond motifs is 2. The number of ether oxygens (including phenoxy) is 1. The fraction of sp³-hybridized carbons (Fsp3) is 0.593. The van der Waals surface area contributed by atoms with Crippen LogP contribution < -0.4 is 10.1 Å². The minimum Gasteiger partial charge on any atom is -0.457 e. The van der Waals surface area contributed by atoms with Crippen molar-refractivity contribution in [2.45, 2.75) is 70.2 Å². The second-order valence-electron chi connectivity index (χ2n) is 10.5. The number of amides is 1. The van der Waals surface area contributed by atoms with Crippen molar-refractivity contribution in [2.75, 3.05) is 19.6 Å². The first kappa shape index (κ1) is 26.9. The smallest absolute Gasteiger partial charge is 0.425 e. The Bertz CT molecular complexity index is 1240. The number of thiazole rings is 1. The molecule has 206 valence electrons. The number of hydrogen-bond donors (Lipinski definition) is 1. The van der Waals surface area contributed by atoms with E-state index in [4.69, 9.17) is 4.74 Å². The van der Waals surface area contributed by atoms with E-state index in [0.29, 0.717) is 11.5 Å². The van der Waals surface area contributed by atoms with Crippen molar-refractivity contribution in [3.8, 4) is 5.19 Å². The zero-order valence-electron chi connectivity index (χ0n) is 21.8. The third-order valence-electron chi connectivity index (χ3n) is 7.76. The fourth-order valence-electron chi connectivity index (χ4n) is 5.46. The molecule has 1 saturated carbocycles. The lowest BCUT2D eigenvalue weighted by molar-refractivity contribution is -0.189. The molecule has 0 radical (unpaired) electrons. The number of alkyl halides is 3. The Morgan fingerprint density at radius 2 is 1.97 bits per heavy atom. The van der Waals surface area contributed by atoms with Crippen LogP contribution in [0.5, 0.6) is 5.19 Å². The molecule has 1 amide bonds. The molecule has 1 fully saturated rings. The molecule has 1 N–H and O–H groups in total. The average Bonchev–Trinajstić information content (AvgIpc) is 3.39. The highest BCUT2D eigenvalue weighted by atomic mass is 32.1. The van der Waals surface area contributed by atoms with Crippen LogP contribution in [0.1, 0.15) is 60.0 Å². The van der Waals surface area contributed by atoms with Crippen LogP contribution >= 0.6 is 11.3 Å². The molecule has 1 aliphatic carbocycles. The van der Waals surface area contributed by atoms with Crippen molar-refractivity contribution < 1.29 is 22.7 Å². The van der Waals surface area contributed by atoms with Gasteiger partial charge in [-0.25, -0.2) is 4.98 Å². The van der Waals surface area contributed by atoms with Gasteiger partial charge in [0.25, 0.3) is 11.1 Å². The molecule has 2 aromatic heterocycles. The summed E-state index contributed by atoms with van der Waals surface area (Å²) >= 11 is 1.25. The highest BCUT2D eigenvalue weighted by Gasteiger charge is 2.39. The van der Waals surface area contributed by atoms with Gasteiger partial charge < -0.3 is 15.0 Å². The van der Waals surface area contributed by atoms with Crippen LogP contribution in [0.2, 0.25) is 0 Å². The third kappa shape index (κ3) is 6.31. The van der Waals surface area contributed by atoms with Gasteiger partial charge in [-0.05, 0) is 70.0 Å². The summed E-state index contributed by atoms with van der Waals surface area (Å²) in [6.07, 6.45) is 2.46. The van der Waals surface area contributed by atoms with Gasteiger partial charge in [0.2, 0.25) is 0 Å². The topological polar surface area (TPSA) is 72.3 Å². The van der Waals surface area contributed by atoms with Gasteiger partial charge in [-0.2, -0.15) is 18.3 Å². The van der Waals surface area contributed by atoms with Gasteiger partial charge in [0, 0.05) is 49.1 Å². The van der Waals surface area contributed by atoms with E-state index in [1.807, 2.05) is 31.4 Å². The van der Waals surface area contributed by atoms with E-state index in [9.17, 15) is 18.0 Å². The minimum absolute atomic E-state index is 0.0286. The summed E-state index contributed by atoms with van der Waals surface area (Å²) in [4.78, 5) is 20.8. The molecule has 0 spiro atoms. The van der Waals surface area contributed by atoms with Gasteiger partial charge in [0.05, 0.1) is 16.8 Å². The lowest BCUT2D eigenvalue weighted by atomic mass is 9.84. The van der Waals surface area contributed by atoms with Crippen LogP contribution in [0.4, 0.5) is 13.2 Å². The van der Waals surface area contributed by atoms with Gasteiger partial charge in [0.15, 0.2) is 6.10 Å². The van der Waals surface area contributed by atoms with E-state index in [1.54, 1.807) is 4.68 Å². The molecule has 0 unspecified atom stereocenters. The maximum Gasteiger partial charge on any atom is 0.425 e. The summed E-state index contributed by atoms with van der Waals surface area (Å²) in [6.45, 7) is 3.76. The monoisotopic (exact) mass is 549 g/mol. The van der Waals surface area contributed by atoms with E-state index in [-0.39, 0.29) is 17.1 Å². The second kappa shape index (κ2) is 11.2. The maximum atomic E-state index is 13.0. The molecule has 5 rings (SSSR count). The zero-order valence-corrected chi connectivity index (χ0v) is 22.6. The molecular formula is C27H34F3N5O2S. The fourth-order valence-corrected chi connectivity index (χ4v) is 6.48. The predicted molar refractivity (Wildman–Crippen MR) is 141 cm³/mol. The first-order chi connectivity index (χ1) is 18.2. The van der Waals surface area contributed by atoms with Crippen molar-refractivity contribution in [1.29, 1.82) is 0 Å². The van der Waals surface area contributed by atoms with Gasteiger partial charge in [-0.15, -0.1) is 0 Å². The molecule has 0 saturated heterocycles. The standard InChI is InChI=1S/C27H34F3N5O2S/c1-17(27(28,29)30)37-26-32-23-11-14-35(15-12-24(23)38-26)13-10-18-6-8-19(9-7-18)31-25(36)20-4-3-5-22-21(20)16-34(2)33-22/h3-5,16-19H,6-15H2,1-2H3,(H,31,36)/t17-,18?,19?/m1/s1. The van der Waals surface area contributed by atoms with Crippen LogP contribution in [0.15, 0.2) is 24.4 Å². The van der Waals surface area contributed by atoms with Crippen molar-refractivity contribution in [1.82, 2.24) is 25.0 Å². The van der Waals surface area contributed by atoms with Crippen molar-refractivity contribution in [3.63, 3.8) is 0 Å². The molecule has 2 aliphatic rings. The Morgan fingerprint density at radius 3 is 2.74 bits per heavy atom. The SMILES string of the molecule is C[C@@H](Oc1nc2c(s1)CCN(CCC1CCC(NC(=O)c3cccc4nn(C)cc34)CC1)CC2)C(F)(F)F. The number of nitrogens with zero attached hydrogens (tertiary/aromatic N) is 4. The molecular weight excluding hydrogens is 515 g/mol. The molecule has 0 bridgehead atoms. The summed E-state index contributed by atoms with van der Waals surface area (Å²) < 4.78 is 45.2.